The maximum absolute atomic E-state index is 13.7. The number of benzene rings is 1. The molecule has 9 nitrogen and oxygen atoms in total. The molecule has 194 valence electrons. The lowest BCUT2D eigenvalue weighted by Gasteiger charge is -2.45. The molecular formula is C25H24F3N5O4. The minimum Gasteiger partial charge on any atom is -0.368 e. The molecule has 2 fully saturated rings. The number of carbonyl (C=O) groups is 3. The zero-order valence-electron chi connectivity index (χ0n) is 20.0. The molecule has 2 amide bonds. The fraction of sp³-hybridized carbons (Fsp3) is 0.440. The average molecular weight is 515 g/mol. The van der Waals surface area contributed by atoms with Gasteiger partial charge in [-0.05, 0) is 49.4 Å². The van der Waals surface area contributed by atoms with E-state index in [1.807, 2.05) is 4.57 Å². The first-order valence-corrected chi connectivity index (χ1v) is 11.8. The molecule has 0 radical (unpaired) electrons. The van der Waals surface area contributed by atoms with Crippen molar-refractivity contribution in [2.45, 2.75) is 56.3 Å². The van der Waals surface area contributed by atoms with Crippen LogP contribution in [0.3, 0.4) is 0 Å². The highest BCUT2D eigenvalue weighted by molar-refractivity contribution is 6.44. The summed E-state index contributed by atoms with van der Waals surface area (Å²) >= 11 is 0. The predicted octanol–water partition coefficient (Wildman–Crippen LogP) is 2.24. The maximum atomic E-state index is 13.7. The van der Waals surface area contributed by atoms with Gasteiger partial charge in [-0.25, -0.2) is 13.2 Å². The molecule has 2 saturated carbocycles. The summed E-state index contributed by atoms with van der Waals surface area (Å²) in [4.78, 5) is 38.6. The van der Waals surface area contributed by atoms with Crippen molar-refractivity contribution in [2.75, 3.05) is 12.4 Å². The van der Waals surface area contributed by atoms with Crippen LogP contribution < -0.4 is 16.0 Å². The Labute approximate surface area is 209 Å². The Morgan fingerprint density at radius 3 is 2.59 bits per heavy atom. The number of likely N-dealkylation sites (N-methyl/N-ethyl adjacent to an activating group) is 1. The summed E-state index contributed by atoms with van der Waals surface area (Å²) in [7, 11) is 1.26. The van der Waals surface area contributed by atoms with Crippen LogP contribution in [0.15, 0.2) is 18.2 Å². The number of carbonyl (C=O) groups excluding carboxylic acids is 3. The quantitative estimate of drug-likeness (QED) is 0.254. The predicted molar refractivity (Wildman–Crippen MR) is 123 cm³/mol. The zero-order valence-corrected chi connectivity index (χ0v) is 20.0. The number of rotatable bonds is 7. The van der Waals surface area contributed by atoms with E-state index < -0.39 is 53.9 Å². The van der Waals surface area contributed by atoms with Gasteiger partial charge in [-0.2, -0.15) is 5.26 Å². The molecule has 3 aliphatic rings. The molecule has 1 aromatic carbocycles. The molecule has 2 heterocycles. The third-order valence-corrected chi connectivity index (χ3v) is 7.49. The summed E-state index contributed by atoms with van der Waals surface area (Å²) in [6.07, 6.45) is -1.84. The normalized spacial score (nSPS) is 22.5. The van der Waals surface area contributed by atoms with Crippen LogP contribution in [-0.4, -0.2) is 45.8 Å². The third-order valence-electron chi connectivity index (χ3n) is 7.49. The Bertz CT molecular complexity index is 1390. The fourth-order valence-electron chi connectivity index (χ4n) is 5.71. The summed E-state index contributed by atoms with van der Waals surface area (Å²) in [5.74, 6) is -6.56. The van der Waals surface area contributed by atoms with Crippen molar-refractivity contribution in [1.82, 2.24) is 15.2 Å². The molecule has 4 N–H and O–H groups in total. The van der Waals surface area contributed by atoms with Crippen LogP contribution in [0.1, 0.15) is 64.4 Å². The van der Waals surface area contributed by atoms with Crippen molar-refractivity contribution in [2.24, 2.45) is 5.92 Å². The van der Waals surface area contributed by atoms with Crippen molar-refractivity contribution >= 4 is 23.3 Å². The number of anilines is 1. The molecule has 2 aliphatic carbocycles. The van der Waals surface area contributed by atoms with Gasteiger partial charge in [-0.1, -0.05) is 0 Å². The number of amides is 2. The van der Waals surface area contributed by atoms with Gasteiger partial charge in [0.1, 0.15) is 17.4 Å². The molecule has 0 saturated heterocycles. The van der Waals surface area contributed by atoms with E-state index in [0.29, 0.717) is 23.4 Å². The second kappa shape index (κ2) is 8.34. The van der Waals surface area contributed by atoms with Gasteiger partial charge < -0.3 is 25.6 Å². The highest BCUT2D eigenvalue weighted by Gasteiger charge is 2.62. The smallest absolute Gasteiger partial charge is 0.293 e. The molecular weight excluding hydrogens is 491 g/mol. The fourth-order valence-corrected chi connectivity index (χ4v) is 5.71. The Balaban J connectivity index is 1.45. The number of halogens is 3. The molecule has 1 aromatic heterocycles. The average Bonchev–Trinajstić information content (AvgIpc) is 3.41. The molecule has 1 aliphatic heterocycles. The number of aliphatic hydroxyl groups is 1. The number of alkyl halides is 2. The van der Waals surface area contributed by atoms with Gasteiger partial charge in [0.05, 0.1) is 16.8 Å². The zero-order chi connectivity index (χ0) is 26.9. The first-order chi connectivity index (χ1) is 17.4. The number of ketones is 1. The van der Waals surface area contributed by atoms with Crippen molar-refractivity contribution in [3.8, 4) is 6.07 Å². The minimum absolute atomic E-state index is 0.0372. The second-order valence-electron chi connectivity index (χ2n) is 9.98. The molecule has 37 heavy (non-hydrogen) atoms. The Morgan fingerprint density at radius 2 is 1.97 bits per heavy atom. The van der Waals surface area contributed by atoms with E-state index in [4.69, 9.17) is 5.26 Å². The van der Waals surface area contributed by atoms with Crippen LogP contribution in [-0.2, 0) is 16.0 Å². The number of hydrogen-bond donors (Lipinski definition) is 4. The second-order valence-corrected chi connectivity index (χ2v) is 9.98. The molecule has 1 unspecified atom stereocenters. The van der Waals surface area contributed by atoms with E-state index in [1.54, 1.807) is 13.0 Å². The SMILES string of the molecule is CNC(=O)C1(NC(=O)C(=O)c2c(C)c(C(O)Nc3ccc(F)c(C#N)c3)n3c2C[C@H]2C[C@H]23)CC(F)(F)C1. The first kappa shape index (κ1) is 24.8. The molecule has 3 atom stereocenters. The molecule has 5 rings (SSSR count). The highest BCUT2D eigenvalue weighted by Crippen LogP contribution is 2.55. The number of nitrogens with zero attached hydrogens (tertiary/aromatic N) is 2. The lowest BCUT2D eigenvalue weighted by Crippen LogP contribution is -2.69. The highest BCUT2D eigenvalue weighted by atomic mass is 19.3. The number of aliphatic hydroxyl groups excluding tert-OH is 1. The van der Waals surface area contributed by atoms with E-state index in [0.717, 1.165) is 12.5 Å². The minimum atomic E-state index is -3.13. The van der Waals surface area contributed by atoms with E-state index in [1.165, 1.54) is 19.2 Å². The van der Waals surface area contributed by atoms with E-state index in [2.05, 4.69) is 16.0 Å². The van der Waals surface area contributed by atoms with Crippen molar-refractivity contribution in [1.29, 1.82) is 5.26 Å². The summed E-state index contributed by atoms with van der Waals surface area (Å²) in [6.45, 7) is 1.57. The Morgan fingerprint density at radius 1 is 1.27 bits per heavy atom. The van der Waals surface area contributed by atoms with E-state index in [-0.39, 0.29) is 28.8 Å². The van der Waals surface area contributed by atoms with Crippen LogP contribution in [0.4, 0.5) is 18.9 Å². The van der Waals surface area contributed by atoms with Gasteiger partial charge in [0.2, 0.25) is 5.91 Å². The summed E-state index contributed by atoms with van der Waals surface area (Å²) in [5, 5.41) is 27.4. The Kier molecular flexibility index (Phi) is 5.60. The molecule has 12 heteroatoms. The van der Waals surface area contributed by atoms with Crippen LogP contribution in [0.5, 0.6) is 0 Å². The largest absolute Gasteiger partial charge is 0.368 e. The van der Waals surface area contributed by atoms with Crippen molar-refractivity contribution < 1.29 is 32.7 Å². The van der Waals surface area contributed by atoms with Crippen LogP contribution in [0.25, 0.3) is 0 Å². The van der Waals surface area contributed by atoms with Gasteiger partial charge in [0.25, 0.3) is 17.6 Å². The maximum Gasteiger partial charge on any atom is 0.293 e. The molecule has 0 bridgehead atoms. The summed E-state index contributed by atoms with van der Waals surface area (Å²) in [5.41, 5.74) is -0.527. The molecule has 0 spiro atoms. The Hall–Kier alpha value is -3.85. The number of hydrogen-bond acceptors (Lipinski definition) is 6. The number of nitrogens with one attached hydrogen (secondary N) is 3. The lowest BCUT2D eigenvalue weighted by atomic mass is 9.72. The monoisotopic (exact) mass is 515 g/mol. The lowest BCUT2D eigenvalue weighted by molar-refractivity contribution is -0.164. The van der Waals surface area contributed by atoms with Gasteiger partial charge in [-0.15, -0.1) is 0 Å². The third kappa shape index (κ3) is 3.94. The number of fused-ring (bicyclic) bond motifs is 3. The van der Waals surface area contributed by atoms with Gasteiger partial charge in [0, 0.05) is 37.3 Å². The van der Waals surface area contributed by atoms with Gasteiger partial charge in [0.15, 0.2) is 6.23 Å². The first-order valence-electron chi connectivity index (χ1n) is 11.8. The van der Waals surface area contributed by atoms with Crippen molar-refractivity contribution in [3.05, 3.63) is 52.1 Å². The van der Waals surface area contributed by atoms with Crippen LogP contribution >= 0.6 is 0 Å². The van der Waals surface area contributed by atoms with Gasteiger partial charge in [-0.3, -0.25) is 14.4 Å². The molecule has 2 aromatic rings. The topological polar surface area (TPSA) is 136 Å². The van der Waals surface area contributed by atoms with E-state index >= 15 is 0 Å². The summed E-state index contributed by atoms with van der Waals surface area (Å²) < 4.78 is 42.8. The van der Waals surface area contributed by atoms with Crippen LogP contribution in [0.2, 0.25) is 0 Å². The van der Waals surface area contributed by atoms with E-state index in [9.17, 15) is 32.7 Å². The number of aromatic nitrogens is 1. The standard InChI is InChI=1S/C25H24F3N5O4/c1-11-18(20(34)22(36)32-24(23(37)30-2)9-25(27,28)10-24)17-7-12-6-16(12)33(17)19(11)21(35)31-14-3-4-15(26)13(5-14)8-29/h3-5,12,16,21,31,35H,6-7,9-10H2,1-2H3,(H,30,37)(H,32,36)/t12-,16-,21?/m1/s1. The van der Waals surface area contributed by atoms with Crippen LogP contribution in [0, 0.1) is 30.0 Å². The van der Waals surface area contributed by atoms with Gasteiger partial charge >= 0.3 is 0 Å². The van der Waals surface area contributed by atoms with Crippen molar-refractivity contribution in [3.63, 3.8) is 0 Å². The number of nitriles is 1. The number of Topliss-reactive ketones (excluding diaryl/α,β-unsaturated/α-hetero) is 1. The summed E-state index contributed by atoms with van der Waals surface area (Å²) in [6, 6.07) is 5.45.